The second-order valence-corrected chi connectivity index (χ2v) is 7.37. The van der Waals surface area contributed by atoms with E-state index in [4.69, 9.17) is 14.0 Å². The molecule has 0 radical (unpaired) electrons. The van der Waals surface area contributed by atoms with Gasteiger partial charge in [0.25, 0.3) is 0 Å². The SMILES string of the molecule is CC1(C)OB(C2=CC[C@]3(CCOC3)CC2)OC1(C)C. The molecule has 0 saturated carbocycles. The average Bonchev–Trinajstić information content (AvgIpc) is 2.84. The van der Waals surface area contributed by atoms with Crippen molar-refractivity contribution in [3.63, 3.8) is 0 Å². The second-order valence-electron chi connectivity index (χ2n) is 7.37. The molecule has 0 unspecified atom stereocenters. The van der Waals surface area contributed by atoms with Gasteiger partial charge in [-0.2, -0.15) is 0 Å². The smallest absolute Gasteiger partial charge is 0.400 e. The van der Waals surface area contributed by atoms with Crippen molar-refractivity contribution in [3.8, 4) is 0 Å². The van der Waals surface area contributed by atoms with Gasteiger partial charge in [-0.1, -0.05) is 6.08 Å². The Morgan fingerprint density at radius 2 is 1.74 bits per heavy atom. The fourth-order valence-electron chi connectivity index (χ4n) is 3.18. The van der Waals surface area contributed by atoms with Crippen LogP contribution >= 0.6 is 0 Å². The van der Waals surface area contributed by atoms with Crippen molar-refractivity contribution in [2.75, 3.05) is 13.2 Å². The van der Waals surface area contributed by atoms with Crippen LogP contribution in [0.1, 0.15) is 53.4 Å². The molecule has 2 saturated heterocycles. The number of hydrogen-bond acceptors (Lipinski definition) is 3. The largest absolute Gasteiger partial charge is 0.490 e. The van der Waals surface area contributed by atoms with Crippen molar-refractivity contribution in [2.24, 2.45) is 5.41 Å². The van der Waals surface area contributed by atoms with Crippen molar-refractivity contribution < 1.29 is 14.0 Å². The molecule has 2 fully saturated rings. The third kappa shape index (κ3) is 2.28. The Labute approximate surface area is 116 Å². The summed E-state index contributed by atoms with van der Waals surface area (Å²) in [5, 5.41) is 0. The van der Waals surface area contributed by atoms with Crippen LogP contribution in [-0.4, -0.2) is 31.5 Å². The van der Waals surface area contributed by atoms with Crippen LogP contribution < -0.4 is 0 Å². The van der Waals surface area contributed by atoms with Gasteiger partial charge in [0.2, 0.25) is 0 Å². The molecular formula is C15H25BO3. The highest BCUT2D eigenvalue weighted by Crippen LogP contribution is 2.45. The van der Waals surface area contributed by atoms with Crippen molar-refractivity contribution in [1.82, 2.24) is 0 Å². The van der Waals surface area contributed by atoms with Crippen LogP contribution in [0.3, 0.4) is 0 Å². The predicted molar refractivity (Wildman–Crippen MR) is 75.9 cm³/mol. The summed E-state index contributed by atoms with van der Waals surface area (Å²) in [5.74, 6) is 0. The van der Waals surface area contributed by atoms with E-state index in [1.54, 1.807) is 0 Å². The topological polar surface area (TPSA) is 27.7 Å². The van der Waals surface area contributed by atoms with Gasteiger partial charge < -0.3 is 14.0 Å². The number of rotatable bonds is 1. The summed E-state index contributed by atoms with van der Waals surface area (Å²) in [6, 6.07) is 0. The first-order valence-electron chi connectivity index (χ1n) is 7.46. The van der Waals surface area contributed by atoms with Crippen LogP contribution in [-0.2, 0) is 14.0 Å². The summed E-state index contributed by atoms with van der Waals surface area (Å²) in [5.41, 5.74) is 1.28. The summed E-state index contributed by atoms with van der Waals surface area (Å²) in [6.45, 7) is 10.3. The van der Waals surface area contributed by atoms with E-state index in [9.17, 15) is 0 Å². The zero-order chi connectivity index (χ0) is 13.7. The molecule has 3 nitrogen and oxygen atoms in total. The molecule has 3 aliphatic rings. The van der Waals surface area contributed by atoms with E-state index in [1.807, 2.05) is 0 Å². The van der Waals surface area contributed by atoms with Gasteiger partial charge in [-0.25, -0.2) is 0 Å². The molecule has 0 aromatic rings. The van der Waals surface area contributed by atoms with E-state index in [0.29, 0.717) is 5.41 Å². The minimum absolute atomic E-state index is 0.148. The zero-order valence-electron chi connectivity index (χ0n) is 12.6. The normalized spacial score (nSPS) is 36.8. The lowest BCUT2D eigenvalue weighted by Crippen LogP contribution is -2.41. The highest BCUT2D eigenvalue weighted by molar-refractivity contribution is 6.54. The first kappa shape index (κ1) is 13.7. The second kappa shape index (κ2) is 4.34. The van der Waals surface area contributed by atoms with E-state index >= 15 is 0 Å². The first-order chi connectivity index (χ1) is 8.84. The molecule has 0 aromatic carbocycles. The molecule has 0 N–H and O–H groups in total. The van der Waals surface area contributed by atoms with Crippen LogP contribution in [0.25, 0.3) is 0 Å². The fourth-order valence-corrected chi connectivity index (χ4v) is 3.18. The maximum Gasteiger partial charge on any atom is 0.490 e. The zero-order valence-corrected chi connectivity index (χ0v) is 12.6. The molecular weight excluding hydrogens is 239 g/mol. The van der Waals surface area contributed by atoms with Crippen LogP contribution in [0, 0.1) is 5.41 Å². The Kier molecular flexibility index (Phi) is 3.12. The van der Waals surface area contributed by atoms with Gasteiger partial charge in [-0.3, -0.25) is 0 Å². The van der Waals surface area contributed by atoms with Crippen LogP contribution in [0.4, 0.5) is 0 Å². The minimum Gasteiger partial charge on any atom is -0.400 e. The Bertz CT molecular complexity index is 378. The van der Waals surface area contributed by atoms with E-state index < -0.39 is 0 Å². The Balaban J connectivity index is 1.70. The van der Waals surface area contributed by atoms with Crippen molar-refractivity contribution in [1.29, 1.82) is 0 Å². The van der Waals surface area contributed by atoms with E-state index in [2.05, 4.69) is 33.8 Å². The van der Waals surface area contributed by atoms with E-state index in [-0.39, 0.29) is 18.3 Å². The molecule has 3 rings (SSSR count). The molecule has 0 amide bonds. The molecule has 0 aromatic heterocycles. The number of ether oxygens (including phenoxy) is 1. The molecule has 2 heterocycles. The molecule has 106 valence electrons. The molecule has 1 aliphatic carbocycles. The van der Waals surface area contributed by atoms with Gasteiger partial charge in [0.05, 0.1) is 17.8 Å². The molecule has 19 heavy (non-hydrogen) atoms. The van der Waals surface area contributed by atoms with Gasteiger partial charge in [-0.05, 0) is 64.3 Å². The van der Waals surface area contributed by atoms with Gasteiger partial charge in [0.15, 0.2) is 0 Å². The highest BCUT2D eigenvalue weighted by Gasteiger charge is 2.53. The lowest BCUT2D eigenvalue weighted by molar-refractivity contribution is 0.00578. The molecule has 4 heteroatoms. The summed E-state index contributed by atoms with van der Waals surface area (Å²) in [6.07, 6.45) is 6.97. The number of allylic oxidation sites excluding steroid dienone is 2. The maximum atomic E-state index is 6.13. The third-order valence-corrected chi connectivity index (χ3v) is 5.48. The summed E-state index contributed by atoms with van der Waals surface area (Å²) in [7, 11) is -0.148. The summed E-state index contributed by atoms with van der Waals surface area (Å²) >= 11 is 0. The maximum absolute atomic E-state index is 6.13. The lowest BCUT2D eigenvalue weighted by atomic mass is 9.65. The van der Waals surface area contributed by atoms with Crippen molar-refractivity contribution in [2.45, 2.75) is 64.6 Å². The summed E-state index contributed by atoms with van der Waals surface area (Å²) in [4.78, 5) is 0. The monoisotopic (exact) mass is 264 g/mol. The Hall–Kier alpha value is -0.315. The van der Waals surface area contributed by atoms with Crippen molar-refractivity contribution >= 4 is 7.12 Å². The Morgan fingerprint density at radius 1 is 1.05 bits per heavy atom. The standard InChI is InChI=1S/C15H25BO3/c1-13(2)14(3,4)19-16(18-13)12-5-7-15(8-6-12)9-10-17-11-15/h5H,6-11H2,1-4H3/t15-/m1/s1. The van der Waals surface area contributed by atoms with Crippen LogP contribution in [0.2, 0.25) is 0 Å². The molecule has 2 aliphatic heterocycles. The van der Waals surface area contributed by atoms with Crippen LogP contribution in [0.15, 0.2) is 11.5 Å². The molecule has 1 atom stereocenters. The summed E-state index contributed by atoms with van der Waals surface area (Å²) < 4.78 is 17.8. The van der Waals surface area contributed by atoms with Gasteiger partial charge in [0.1, 0.15) is 0 Å². The van der Waals surface area contributed by atoms with Crippen molar-refractivity contribution in [3.05, 3.63) is 11.5 Å². The molecule has 0 bridgehead atoms. The quantitative estimate of drug-likeness (QED) is 0.681. The fraction of sp³-hybridized carbons (Fsp3) is 0.867. The molecule has 1 spiro atoms. The predicted octanol–water partition coefficient (Wildman–Crippen LogP) is 3.13. The van der Waals surface area contributed by atoms with E-state index in [1.165, 1.54) is 18.3 Å². The first-order valence-corrected chi connectivity index (χ1v) is 7.46. The number of hydrogen-bond donors (Lipinski definition) is 0. The van der Waals surface area contributed by atoms with Gasteiger partial charge >= 0.3 is 7.12 Å². The van der Waals surface area contributed by atoms with Gasteiger partial charge in [-0.15, -0.1) is 0 Å². The lowest BCUT2D eigenvalue weighted by Gasteiger charge is -2.32. The highest BCUT2D eigenvalue weighted by atomic mass is 16.7. The average molecular weight is 264 g/mol. The van der Waals surface area contributed by atoms with E-state index in [0.717, 1.165) is 26.1 Å². The minimum atomic E-state index is -0.232. The third-order valence-electron chi connectivity index (χ3n) is 5.48. The Morgan fingerprint density at radius 3 is 2.21 bits per heavy atom. The van der Waals surface area contributed by atoms with Gasteiger partial charge in [0, 0.05) is 6.61 Å². The van der Waals surface area contributed by atoms with Crippen LogP contribution in [0.5, 0.6) is 0 Å².